The molecule has 1 aromatic carbocycles. The van der Waals surface area contributed by atoms with Gasteiger partial charge in [-0.05, 0) is 18.2 Å². The summed E-state index contributed by atoms with van der Waals surface area (Å²) < 4.78 is 5.97. The third-order valence-electron chi connectivity index (χ3n) is 6.16. The highest BCUT2D eigenvalue weighted by atomic mass is 16.5. The number of aliphatic hydroxyl groups is 3. The number of aliphatic hydroxyl groups excluding tert-OH is 3. The van der Waals surface area contributed by atoms with E-state index in [-0.39, 0.29) is 43.1 Å². The highest BCUT2D eigenvalue weighted by Crippen LogP contribution is 2.48. The van der Waals surface area contributed by atoms with Gasteiger partial charge in [0.2, 0.25) is 0 Å². The van der Waals surface area contributed by atoms with Gasteiger partial charge in [-0.3, -0.25) is 9.59 Å². The molecule has 2 aliphatic carbocycles. The summed E-state index contributed by atoms with van der Waals surface area (Å²) >= 11 is 0. The second-order valence-electron chi connectivity index (χ2n) is 8.65. The van der Waals surface area contributed by atoms with E-state index in [2.05, 4.69) is 5.32 Å². The van der Waals surface area contributed by atoms with Crippen LogP contribution in [0.3, 0.4) is 0 Å². The Labute approximate surface area is 213 Å². The summed E-state index contributed by atoms with van der Waals surface area (Å²) in [5.41, 5.74) is 7.84. The van der Waals surface area contributed by atoms with Crippen LogP contribution in [0, 0.1) is 0 Å². The van der Waals surface area contributed by atoms with Crippen molar-refractivity contribution in [2.24, 2.45) is 5.73 Å². The minimum atomic E-state index is -1.03. The van der Waals surface area contributed by atoms with Crippen molar-refractivity contribution in [2.75, 3.05) is 13.2 Å². The Morgan fingerprint density at radius 3 is 2.65 bits per heavy atom. The predicted molar refractivity (Wildman–Crippen MR) is 134 cm³/mol. The number of hydrogen-bond donors (Lipinski definition) is 6. The first-order chi connectivity index (χ1) is 17.8. The zero-order valence-electron chi connectivity index (χ0n) is 20.0. The minimum Gasteiger partial charge on any atom is -0.508 e. The number of rotatable bonds is 7. The van der Waals surface area contributed by atoms with E-state index in [1.165, 1.54) is 24.3 Å². The zero-order chi connectivity index (χ0) is 27.1. The molecule has 1 aliphatic heterocycles. The number of hydrogen-bond acceptors (Lipinski definition) is 9. The molecule has 0 spiro atoms. The maximum Gasteiger partial charge on any atom is 0.251 e. The fourth-order valence-electron chi connectivity index (χ4n) is 4.28. The van der Waals surface area contributed by atoms with Crippen molar-refractivity contribution >= 4 is 18.5 Å². The topological polar surface area (TPSA) is 179 Å². The molecule has 4 atom stereocenters. The number of carbonyl (C=O) groups is 3. The van der Waals surface area contributed by atoms with Crippen LogP contribution in [0.1, 0.15) is 34.7 Å². The Balaban J connectivity index is 0.00000186. The van der Waals surface area contributed by atoms with Crippen LogP contribution in [0.5, 0.6) is 5.75 Å². The lowest BCUT2D eigenvalue weighted by molar-refractivity contribution is -0.114. The number of phenols is 1. The molecule has 3 aliphatic rings. The zero-order valence-corrected chi connectivity index (χ0v) is 20.0. The quantitative estimate of drug-likeness (QED) is 0.287. The third kappa shape index (κ3) is 6.30. The van der Waals surface area contributed by atoms with E-state index < -0.39 is 30.1 Å². The number of allylic oxidation sites excluding steroid dienone is 6. The van der Waals surface area contributed by atoms with Crippen LogP contribution in [0.2, 0.25) is 0 Å². The molecule has 1 amide bonds. The Kier molecular flexibility index (Phi) is 9.31. The summed E-state index contributed by atoms with van der Waals surface area (Å²) in [5.74, 6) is 0.0394. The Morgan fingerprint density at radius 1 is 1.22 bits per heavy atom. The first kappa shape index (κ1) is 27.8. The number of aromatic hydroxyl groups is 1. The SMILES string of the molecule is C=O.N[C@@H](CO)[C@H](O)/C=C/CNC(=O)c1ccc(C2C3=C(CC(=O)C=C3)OC3=C2C=CC(O)C3)c(O)c1. The van der Waals surface area contributed by atoms with Crippen LogP contribution in [-0.4, -0.2) is 70.3 Å². The van der Waals surface area contributed by atoms with E-state index in [1.54, 1.807) is 30.4 Å². The molecule has 4 rings (SSSR count). The van der Waals surface area contributed by atoms with Crippen molar-refractivity contribution < 1.29 is 39.5 Å². The largest absolute Gasteiger partial charge is 0.508 e. The maximum atomic E-state index is 12.5. The standard InChI is InChI=1S/C26H28N2O7.CH2O/c27-20(13-29)21(32)2-1-9-28-26(34)14-3-6-17(22(33)10-14)25-18-7-4-15(30)11-23(18)35-24-12-16(31)5-8-19(24)25;1-2/h1-8,10,15,20-21,25,29-30,32-33H,9,11-13,27H2,(H,28,34);1H2/b2-1+;/t15?,20-,21+,25?;/m0./s1. The van der Waals surface area contributed by atoms with Crippen molar-refractivity contribution in [2.45, 2.75) is 37.0 Å². The number of nitrogens with two attached hydrogens (primary N) is 1. The lowest BCUT2D eigenvalue weighted by atomic mass is 9.77. The average molecular weight is 511 g/mol. The molecule has 2 unspecified atom stereocenters. The minimum absolute atomic E-state index is 0.0883. The first-order valence-corrected chi connectivity index (χ1v) is 11.6. The lowest BCUT2D eigenvalue weighted by Crippen LogP contribution is -2.36. The molecular formula is C27H30N2O8. The summed E-state index contributed by atoms with van der Waals surface area (Å²) in [6, 6.07) is 3.83. The van der Waals surface area contributed by atoms with Gasteiger partial charge in [-0.25, -0.2) is 0 Å². The van der Waals surface area contributed by atoms with Gasteiger partial charge >= 0.3 is 0 Å². The number of amides is 1. The molecule has 0 radical (unpaired) electrons. The van der Waals surface area contributed by atoms with Crippen molar-refractivity contribution in [3.05, 3.63) is 88.4 Å². The first-order valence-electron chi connectivity index (χ1n) is 11.6. The average Bonchev–Trinajstić information content (AvgIpc) is 2.90. The molecule has 7 N–H and O–H groups in total. The number of benzene rings is 1. The van der Waals surface area contributed by atoms with Crippen LogP contribution in [0.15, 0.2) is 77.3 Å². The van der Waals surface area contributed by atoms with E-state index >= 15 is 0 Å². The van der Waals surface area contributed by atoms with Gasteiger partial charge in [-0.1, -0.05) is 36.4 Å². The number of phenolic OH excluding ortho intramolecular Hbond substituents is 1. The Bertz CT molecular complexity index is 1200. The van der Waals surface area contributed by atoms with Gasteiger partial charge in [0.05, 0.1) is 31.3 Å². The third-order valence-corrected chi connectivity index (χ3v) is 6.16. The van der Waals surface area contributed by atoms with Gasteiger partial charge in [0.15, 0.2) is 5.78 Å². The van der Waals surface area contributed by atoms with Gasteiger partial charge in [0.1, 0.15) is 24.1 Å². The van der Waals surface area contributed by atoms with Crippen LogP contribution in [0.4, 0.5) is 0 Å². The van der Waals surface area contributed by atoms with E-state index in [0.29, 0.717) is 17.1 Å². The summed E-state index contributed by atoms with van der Waals surface area (Å²) in [5, 5.41) is 42.2. The van der Waals surface area contributed by atoms with Crippen LogP contribution >= 0.6 is 0 Å². The highest BCUT2D eigenvalue weighted by molar-refractivity contribution is 5.95. The summed E-state index contributed by atoms with van der Waals surface area (Å²) in [4.78, 5) is 32.5. The molecule has 0 bridgehead atoms. The van der Waals surface area contributed by atoms with Crippen molar-refractivity contribution in [1.29, 1.82) is 0 Å². The van der Waals surface area contributed by atoms with Crippen LogP contribution in [0.25, 0.3) is 0 Å². The number of ketones is 1. The number of ether oxygens (including phenoxy) is 1. The summed E-state index contributed by atoms with van der Waals surface area (Å²) in [6.07, 6.45) is 8.17. The second kappa shape index (κ2) is 12.4. The summed E-state index contributed by atoms with van der Waals surface area (Å²) in [6.45, 7) is 1.75. The fraction of sp³-hybridized carbons (Fsp3) is 0.296. The summed E-state index contributed by atoms with van der Waals surface area (Å²) in [7, 11) is 0. The molecule has 0 aromatic heterocycles. The molecule has 196 valence electrons. The molecule has 1 heterocycles. The molecule has 0 saturated heterocycles. The molecule has 0 fully saturated rings. The van der Waals surface area contributed by atoms with Gasteiger partial charge < -0.3 is 41.0 Å². The second-order valence-corrected chi connectivity index (χ2v) is 8.65. The van der Waals surface area contributed by atoms with E-state index in [1.807, 2.05) is 6.79 Å². The van der Waals surface area contributed by atoms with E-state index in [4.69, 9.17) is 20.4 Å². The van der Waals surface area contributed by atoms with Gasteiger partial charge in [-0.2, -0.15) is 0 Å². The number of nitrogens with one attached hydrogen (secondary N) is 1. The van der Waals surface area contributed by atoms with Crippen molar-refractivity contribution in [3.8, 4) is 5.75 Å². The van der Waals surface area contributed by atoms with E-state index in [9.17, 15) is 24.9 Å². The van der Waals surface area contributed by atoms with Gasteiger partial charge in [-0.15, -0.1) is 0 Å². The molecule has 0 saturated carbocycles. The molecule has 10 heteroatoms. The fourth-order valence-corrected chi connectivity index (χ4v) is 4.28. The molecule has 37 heavy (non-hydrogen) atoms. The Morgan fingerprint density at radius 2 is 1.95 bits per heavy atom. The predicted octanol–water partition coefficient (Wildman–Crippen LogP) is 0.646. The lowest BCUT2D eigenvalue weighted by Gasteiger charge is -2.34. The highest BCUT2D eigenvalue weighted by Gasteiger charge is 2.36. The van der Waals surface area contributed by atoms with Crippen molar-refractivity contribution in [1.82, 2.24) is 5.32 Å². The maximum absolute atomic E-state index is 12.5. The van der Waals surface area contributed by atoms with Gasteiger partial charge in [0, 0.05) is 41.2 Å². The van der Waals surface area contributed by atoms with Crippen LogP contribution in [-0.2, 0) is 14.3 Å². The monoisotopic (exact) mass is 510 g/mol. The van der Waals surface area contributed by atoms with Crippen molar-refractivity contribution in [3.63, 3.8) is 0 Å². The van der Waals surface area contributed by atoms with E-state index in [0.717, 1.165) is 11.1 Å². The normalized spacial score (nSPS) is 22.0. The van der Waals surface area contributed by atoms with Gasteiger partial charge in [0.25, 0.3) is 5.91 Å². The molecule has 10 nitrogen and oxygen atoms in total. The molecular weight excluding hydrogens is 480 g/mol. The smallest absolute Gasteiger partial charge is 0.251 e. The molecule has 1 aromatic rings. The number of carbonyl (C=O) groups excluding carboxylic acids is 3. The Hall–Kier alpha value is -3.83. The van der Waals surface area contributed by atoms with Crippen LogP contribution < -0.4 is 11.1 Å².